The third kappa shape index (κ3) is 6.15. The van der Waals surface area contributed by atoms with Gasteiger partial charge in [-0.2, -0.15) is 0 Å². The molecule has 0 unspecified atom stereocenters. The molecule has 0 radical (unpaired) electrons. The van der Waals surface area contributed by atoms with E-state index in [0.717, 1.165) is 6.54 Å². The number of aromatic nitrogens is 2. The van der Waals surface area contributed by atoms with Crippen LogP contribution in [0.2, 0.25) is 5.02 Å². The van der Waals surface area contributed by atoms with Gasteiger partial charge >= 0.3 is 0 Å². The summed E-state index contributed by atoms with van der Waals surface area (Å²) in [5.41, 5.74) is -0.140. The second-order valence-corrected chi connectivity index (χ2v) is 8.04. The zero-order valence-corrected chi connectivity index (χ0v) is 15.9. The van der Waals surface area contributed by atoms with E-state index in [1.54, 1.807) is 0 Å². The quantitative estimate of drug-likeness (QED) is 0.392. The van der Waals surface area contributed by atoms with Crippen LogP contribution in [0.4, 0.5) is 16.5 Å². The summed E-state index contributed by atoms with van der Waals surface area (Å²) in [6.45, 7) is 4.96. The molecule has 2 N–H and O–H groups in total. The van der Waals surface area contributed by atoms with E-state index in [1.165, 1.54) is 41.3 Å². The highest BCUT2D eigenvalue weighted by Crippen LogP contribution is 2.29. The van der Waals surface area contributed by atoms with E-state index >= 15 is 0 Å². The molecule has 1 aromatic heterocycles. The molecule has 1 aromatic carbocycles. The molecule has 11 heteroatoms. The summed E-state index contributed by atoms with van der Waals surface area (Å²) >= 11 is 8.40. The van der Waals surface area contributed by atoms with Crippen molar-refractivity contribution < 1.29 is 9.72 Å². The van der Waals surface area contributed by atoms with Crippen LogP contribution in [-0.4, -0.2) is 33.3 Å². The van der Waals surface area contributed by atoms with Crippen molar-refractivity contribution in [1.82, 2.24) is 10.2 Å². The molecular weight excluding hydrogens is 386 g/mol. The lowest BCUT2D eigenvalue weighted by Gasteiger charge is -2.05. The summed E-state index contributed by atoms with van der Waals surface area (Å²) in [5.74, 6) is 0.157. The topological polar surface area (TPSA) is 110 Å². The van der Waals surface area contributed by atoms with E-state index in [0.29, 0.717) is 20.4 Å². The number of carbonyl (C=O) groups excluding carboxylic acids is 1. The van der Waals surface area contributed by atoms with Gasteiger partial charge in [-0.15, -0.1) is 10.2 Å². The van der Waals surface area contributed by atoms with Crippen molar-refractivity contribution in [3.05, 3.63) is 33.3 Å². The maximum absolute atomic E-state index is 12.0. The first kappa shape index (κ1) is 19.4. The minimum Gasteiger partial charge on any atom is -0.360 e. The predicted molar refractivity (Wildman–Crippen MR) is 101 cm³/mol. The van der Waals surface area contributed by atoms with Crippen molar-refractivity contribution in [2.24, 2.45) is 5.92 Å². The standard InChI is InChI=1S/C14H16ClN5O3S2/c1-8(2)6-16-13-18-19-14(25-13)24-7-12(21)17-10-5-9(15)3-4-11(10)20(22)23/h3-5,8H,6-7H2,1-2H3,(H,16,18)(H,17,21). The molecule has 0 fully saturated rings. The van der Waals surface area contributed by atoms with Crippen molar-refractivity contribution in [1.29, 1.82) is 0 Å². The fourth-order valence-corrected chi connectivity index (χ4v) is 3.44. The van der Waals surface area contributed by atoms with Crippen LogP contribution >= 0.6 is 34.7 Å². The van der Waals surface area contributed by atoms with Crippen LogP contribution < -0.4 is 10.6 Å². The number of nitro benzene ring substituents is 1. The summed E-state index contributed by atoms with van der Waals surface area (Å²) < 4.78 is 0.641. The number of nitro groups is 1. The number of rotatable bonds is 8. The second-order valence-electron chi connectivity index (χ2n) is 5.40. The lowest BCUT2D eigenvalue weighted by molar-refractivity contribution is -0.383. The minimum absolute atomic E-state index is 0.0580. The van der Waals surface area contributed by atoms with E-state index in [2.05, 4.69) is 34.7 Å². The van der Waals surface area contributed by atoms with E-state index in [-0.39, 0.29) is 23.0 Å². The molecule has 0 aliphatic heterocycles. The van der Waals surface area contributed by atoms with Gasteiger partial charge in [0.25, 0.3) is 5.69 Å². The molecule has 0 bridgehead atoms. The Kier molecular flexibility index (Phi) is 6.97. The molecule has 25 heavy (non-hydrogen) atoms. The van der Waals surface area contributed by atoms with E-state index in [4.69, 9.17) is 11.6 Å². The number of hydrogen-bond acceptors (Lipinski definition) is 8. The normalized spacial score (nSPS) is 10.7. The Morgan fingerprint density at radius 2 is 2.20 bits per heavy atom. The number of benzene rings is 1. The van der Waals surface area contributed by atoms with Gasteiger partial charge in [-0.3, -0.25) is 14.9 Å². The van der Waals surface area contributed by atoms with Gasteiger partial charge in [0.05, 0.1) is 10.7 Å². The third-order valence-corrected chi connectivity index (χ3v) is 5.07. The first-order chi connectivity index (χ1) is 11.8. The fraction of sp³-hybridized carbons (Fsp3) is 0.357. The van der Waals surface area contributed by atoms with Crippen LogP contribution in [-0.2, 0) is 4.79 Å². The van der Waals surface area contributed by atoms with Crippen molar-refractivity contribution in [3.63, 3.8) is 0 Å². The highest BCUT2D eigenvalue weighted by molar-refractivity contribution is 8.01. The number of amides is 1. The Labute approximate surface area is 157 Å². The number of nitrogens with one attached hydrogen (secondary N) is 2. The lowest BCUT2D eigenvalue weighted by Crippen LogP contribution is -2.15. The molecule has 0 aliphatic rings. The zero-order valence-electron chi connectivity index (χ0n) is 13.5. The molecule has 2 aromatic rings. The zero-order chi connectivity index (χ0) is 18.4. The Balaban J connectivity index is 1.91. The van der Waals surface area contributed by atoms with E-state index in [9.17, 15) is 14.9 Å². The Morgan fingerprint density at radius 1 is 1.44 bits per heavy atom. The Morgan fingerprint density at radius 3 is 2.88 bits per heavy atom. The fourth-order valence-electron chi connectivity index (χ4n) is 1.71. The number of carbonyl (C=O) groups is 1. The summed E-state index contributed by atoms with van der Waals surface area (Å²) in [7, 11) is 0. The first-order valence-corrected chi connectivity index (χ1v) is 9.47. The monoisotopic (exact) mass is 401 g/mol. The maximum Gasteiger partial charge on any atom is 0.292 e. The molecule has 134 valence electrons. The molecule has 1 heterocycles. The molecule has 0 saturated heterocycles. The average molecular weight is 402 g/mol. The predicted octanol–water partition coefficient (Wildman–Crippen LogP) is 3.90. The van der Waals surface area contributed by atoms with Crippen molar-refractivity contribution in [3.8, 4) is 0 Å². The van der Waals surface area contributed by atoms with Crippen LogP contribution in [0.5, 0.6) is 0 Å². The van der Waals surface area contributed by atoms with Gasteiger partial charge < -0.3 is 10.6 Å². The third-order valence-electron chi connectivity index (χ3n) is 2.82. The molecule has 0 saturated carbocycles. The number of nitrogens with zero attached hydrogens (tertiary/aromatic N) is 3. The highest BCUT2D eigenvalue weighted by Gasteiger charge is 2.17. The highest BCUT2D eigenvalue weighted by atomic mass is 35.5. The smallest absolute Gasteiger partial charge is 0.292 e. The van der Waals surface area contributed by atoms with Crippen molar-refractivity contribution >= 4 is 57.1 Å². The van der Waals surface area contributed by atoms with E-state index < -0.39 is 4.92 Å². The SMILES string of the molecule is CC(C)CNc1nnc(SCC(=O)Nc2cc(Cl)ccc2[N+](=O)[O-])s1. The van der Waals surface area contributed by atoms with Crippen LogP contribution in [0.15, 0.2) is 22.5 Å². The number of anilines is 2. The van der Waals surface area contributed by atoms with Crippen LogP contribution in [0.3, 0.4) is 0 Å². The Bertz CT molecular complexity index is 769. The van der Waals surface area contributed by atoms with Gasteiger partial charge in [0.15, 0.2) is 4.34 Å². The minimum atomic E-state index is -0.573. The number of thioether (sulfide) groups is 1. The number of hydrogen-bond donors (Lipinski definition) is 2. The summed E-state index contributed by atoms with van der Waals surface area (Å²) in [6, 6.07) is 4.00. The van der Waals surface area contributed by atoms with E-state index in [1.807, 2.05) is 0 Å². The first-order valence-electron chi connectivity index (χ1n) is 7.29. The average Bonchev–Trinajstić information content (AvgIpc) is 2.98. The molecule has 0 spiro atoms. The number of halogens is 1. The summed E-state index contributed by atoms with van der Waals surface area (Å²) in [6.07, 6.45) is 0. The maximum atomic E-state index is 12.0. The molecule has 1 amide bonds. The lowest BCUT2D eigenvalue weighted by atomic mass is 10.2. The van der Waals surface area contributed by atoms with Gasteiger partial charge in [-0.05, 0) is 18.1 Å². The second kappa shape index (κ2) is 8.97. The van der Waals surface area contributed by atoms with Crippen LogP contribution in [0, 0.1) is 16.0 Å². The van der Waals surface area contributed by atoms with Crippen LogP contribution in [0.25, 0.3) is 0 Å². The molecule has 0 atom stereocenters. The largest absolute Gasteiger partial charge is 0.360 e. The molecule has 2 rings (SSSR count). The van der Waals surface area contributed by atoms with Gasteiger partial charge in [-0.25, -0.2) is 0 Å². The summed E-state index contributed by atoms with van der Waals surface area (Å²) in [4.78, 5) is 22.5. The van der Waals surface area contributed by atoms with Crippen molar-refractivity contribution in [2.75, 3.05) is 22.9 Å². The summed E-state index contributed by atoms with van der Waals surface area (Å²) in [5, 5.41) is 25.6. The van der Waals surface area contributed by atoms with Gasteiger partial charge in [0.1, 0.15) is 5.69 Å². The molecule has 0 aliphatic carbocycles. The Hall–Kier alpha value is -1.91. The molecular formula is C14H16ClN5O3S2. The molecule has 8 nitrogen and oxygen atoms in total. The van der Waals surface area contributed by atoms with Crippen LogP contribution in [0.1, 0.15) is 13.8 Å². The van der Waals surface area contributed by atoms with Gasteiger partial charge in [0, 0.05) is 17.6 Å². The van der Waals surface area contributed by atoms with Gasteiger partial charge in [0.2, 0.25) is 11.0 Å². The van der Waals surface area contributed by atoms with Gasteiger partial charge in [-0.1, -0.05) is 48.5 Å². The van der Waals surface area contributed by atoms with Crippen molar-refractivity contribution in [2.45, 2.75) is 18.2 Å².